The van der Waals surface area contributed by atoms with Gasteiger partial charge in [0.15, 0.2) is 0 Å². The summed E-state index contributed by atoms with van der Waals surface area (Å²) in [5.41, 5.74) is 4.11. The van der Waals surface area contributed by atoms with Gasteiger partial charge in [0, 0.05) is 11.6 Å². The Hall–Kier alpha value is -2.92. The molecule has 0 amide bonds. The molecular formula is C18H15N3O2. The summed E-state index contributed by atoms with van der Waals surface area (Å²) in [6.07, 6.45) is 1.59. The van der Waals surface area contributed by atoms with Gasteiger partial charge in [-0.25, -0.2) is 4.68 Å². The zero-order valence-electron chi connectivity index (χ0n) is 12.6. The van der Waals surface area contributed by atoms with Crippen molar-refractivity contribution in [2.45, 2.75) is 13.5 Å². The standard InChI is InChI=1S/C18H15N3O2/c1-11-2-5-13(6-3-11)21-18(23)15-9-19-16-8-12(10-22)4-7-14(16)17(15)20-21/h2-9,20,22H,10H2,1H3. The van der Waals surface area contributed by atoms with E-state index in [1.807, 2.05) is 49.4 Å². The van der Waals surface area contributed by atoms with Gasteiger partial charge < -0.3 is 5.11 Å². The first-order chi connectivity index (χ1) is 11.2. The highest BCUT2D eigenvalue weighted by atomic mass is 16.3. The average Bonchev–Trinajstić information content (AvgIpc) is 2.92. The molecule has 0 spiro atoms. The van der Waals surface area contributed by atoms with Crippen molar-refractivity contribution in [2.24, 2.45) is 0 Å². The maximum atomic E-state index is 12.6. The number of fused-ring (bicyclic) bond motifs is 3. The van der Waals surface area contributed by atoms with E-state index in [2.05, 4.69) is 10.1 Å². The summed E-state index contributed by atoms with van der Waals surface area (Å²) < 4.78 is 1.53. The average molecular weight is 305 g/mol. The third-order valence-corrected chi connectivity index (χ3v) is 4.07. The first-order valence-corrected chi connectivity index (χ1v) is 7.37. The minimum atomic E-state index is -0.121. The number of H-pyrrole nitrogens is 1. The van der Waals surface area contributed by atoms with Crippen LogP contribution in [0.25, 0.3) is 27.5 Å². The van der Waals surface area contributed by atoms with E-state index in [9.17, 15) is 9.90 Å². The number of hydrogen-bond acceptors (Lipinski definition) is 3. The van der Waals surface area contributed by atoms with Crippen LogP contribution in [0.2, 0.25) is 0 Å². The Kier molecular flexibility index (Phi) is 3.02. The summed E-state index contributed by atoms with van der Waals surface area (Å²) in [5.74, 6) is 0. The highest BCUT2D eigenvalue weighted by Gasteiger charge is 2.12. The Balaban J connectivity index is 2.01. The van der Waals surface area contributed by atoms with Crippen molar-refractivity contribution in [3.63, 3.8) is 0 Å². The van der Waals surface area contributed by atoms with E-state index < -0.39 is 0 Å². The summed E-state index contributed by atoms with van der Waals surface area (Å²) in [5, 5.41) is 13.8. The maximum absolute atomic E-state index is 12.6. The molecule has 0 fully saturated rings. The van der Waals surface area contributed by atoms with Crippen molar-refractivity contribution in [1.29, 1.82) is 0 Å². The van der Waals surface area contributed by atoms with Gasteiger partial charge in [-0.3, -0.25) is 14.9 Å². The summed E-state index contributed by atoms with van der Waals surface area (Å²) in [6, 6.07) is 13.3. The van der Waals surface area contributed by atoms with Crippen LogP contribution in [0.5, 0.6) is 0 Å². The lowest BCUT2D eigenvalue weighted by molar-refractivity contribution is 0.282. The second-order valence-electron chi connectivity index (χ2n) is 5.64. The lowest BCUT2D eigenvalue weighted by atomic mass is 10.1. The van der Waals surface area contributed by atoms with Crippen LogP contribution in [0.15, 0.2) is 53.5 Å². The number of pyridine rings is 1. The van der Waals surface area contributed by atoms with Gasteiger partial charge in [0.05, 0.1) is 28.7 Å². The predicted octanol–water partition coefficient (Wildman–Crippen LogP) is 2.67. The number of aromatic nitrogens is 3. The molecule has 2 aromatic carbocycles. The van der Waals surface area contributed by atoms with Crippen LogP contribution < -0.4 is 5.56 Å². The third kappa shape index (κ3) is 2.13. The van der Waals surface area contributed by atoms with Crippen LogP contribution in [-0.2, 0) is 6.61 Å². The van der Waals surface area contributed by atoms with E-state index in [1.54, 1.807) is 6.20 Å². The van der Waals surface area contributed by atoms with E-state index in [0.29, 0.717) is 5.39 Å². The van der Waals surface area contributed by atoms with E-state index in [-0.39, 0.29) is 12.2 Å². The molecule has 0 aliphatic carbocycles. The lowest BCUT2D eigenvalue weighted by Gasteiger charge is -2.02. The van der Waals surface area contributed by atoms with Crippen LogP contribution in [-0.4, -0.2) is 19.9 Å². The fourth-order valence-corrected chi connectivity index (χ4v) is 2.78. The number of aromatic amines is 1. The number of nitrogens with zero attached hydrogens (tertiary/aromatic N) is 2. The Bertz CT molecular complexity index is 1080. The molecule has 0 saturated carbocycles. The molecule has 5 heteroatoms. The number of aryl methyl sites for hydroxylation is 1. The van der Waals surface area contributed by atoms with E-state index in [1.165, 1.54) is 4.68 Å². The van der Waals surface area contributed by atoms with Gasteiger partial charge in [0.2, 0.25) is 0 Å². The number of hydrogen-bond donors (Lipinski definition) is 2. The Morgan fingerprint density at radius 1 is 1.13 bits per heavy atom. The van der Waals surface area contributed by atoms with Gasteiger partial charge in [-0.05, 0) is 30.7 Å². The predicted molar refractivity (Wildman–Crippen MR) is 89.9 cm³/mol. The molecule has 0 atom stereocenters. The summed E-state index contributed by atoms with van der Waals surface area (Å²) in [4.78, 5) is 17.0. The fraction of sp³-hybridized carbons (Fsp3) is 0.111. The molecule has 0 aliphatic heterocycles. The van der Waals surface area contributed by atoms with Crippen molar-refractivity contribution in [3.05, 3.63) is 70.1 Å². The van der Waals surface area contributed by atoms with Crippen LogP contribution in [0.4, 0.5) is 0 Å². The number of rotatable bonds is 2. The van der Waals surface area contributed by atoms with Crippen LogP contribution in [0.3, 0.4) is 0 Å². The maximum Gasteiger partial charge on any atom is 0.280 e. The zero-order chi connectivity index (χ0) is 16.0. The van der Waals surface area contributed by atoms with Crippen molar-refractivity contribution in [1.82, 2.24) is 14.8 Å². The zero-order valence-corrected chi connectivity index (χ0v) is 12.6. The normalized spacial score (nSPS) is 11.4. The lowest BCUT2D eigenvalue weighted by Crippen LogP contribution is -2.14. The fourth-order valence-electron chi connectivity index (χ4n) is 2.78. The molecule has 0 radical (unpaired) electrons. The Labute approximate surface area is 131 Å². The number of benzene rings is 2. The molecule has 2 N–H and O–H groups in total. The van der Waals surface area contributed by atoms with Gasteiger partial charge >= 0.3 is 0 Å². The highest BCUT2D eigenvalue weighted by molar-refractivity contribution is 6.02. The second kappa shape index (κ2) is 5.07. The highest BCUT2D eigenvalue weighted by Crippen LogP contribution is 2.22. The van der Waals surface area contributed by atoms with Crippen LogP contribution in [0.1, 0.15) is 11.1 Å². The molecule has 0 aliphatic rings. The van der Waals surface area contributed by atoms with Gasteiger partial charge in [-0.1, -0.05) is 29.8 Å². The Morgan fingerprint density at radius 3 is 2.65 bits per heavy atom. The van der Waals surface area contributed by atoms with E-state index in [0.717, 1.165) is 33.2 Å². The number of aliphatic hydroxyl groups excluding tert-OH is 1. The monoisotopic (exact) mass is 305 g/mol. The van der Waals surface area contributed by atoms with Crippen molar-refractivity contribution >= 4 is 21.8 Å². The van der Waals surface area contributed by atoms with E-state index in [4.69, 9.17) is 0 Å². The molecule has 0 saturated heterocycles. The van der Waals surface area contributed by atoms with Crippen molar-refractivity contribution in [3.8, 4) is 5.69 Å². The summed E-state index contributed by atoms with van der Waals surface area (Å²) in [6.45, 7) is 1.98. The second-order valence-corrected chi connectivity index (χ2v) is 5.64. The topological polar surface area (TPSA) is 70.9 Å². The largest absolute Gasteiger partial charge is 0.392 e. The SMILES string of the molecule is Cc1ccc(-n2[nH]c3c(cnc4cc(CO)ccc43)c2=O)cc1. The minimum absolute atomic E-state index is 0.0312. The summed E-state index contributed by atoms with van der Waals surface area (Å²) >= 11 is 0. The van der Waals surface area contributed by atoms with Gasteiger partial charge in [-0.15, -0.1) is 0 Å². The molecule has 23 heavy (non-hydrogen) atoms. The molecule has 4 rings (SSSR count). The third-order valence-electron chi connectivity index (χ3n) is 4.07. The van der Waals surface area contributed by atoms with Gasteiger partial charge in [0.25, 0.3) is 5.56 Å². The smallest absolute Gasteiger partial charge is 0.280 e. The van der Waals surface area contributed by atoms with Crippen molar-refractivity contribution < 1.29 is 5.11 Å². The molecule has 5 nitrogen and oxygen atoms in total. The molecule has 2 aromatic heterocycles. The van der Waals surface area contributed by atoms with Gasteiger partial charge in [-0.2, -0.15) is 0 Å². The van der Waals surface area contributed by atoms with Crippen molar-refractivity contribution in [2.75, 3.05) is 0 Å². The van der Waals surface area contributed by atoms with Crippen LogP contribution in [0, 0.1) is 6.92 Å². The first kappa shape index (κ1) is 13.7. The Morgan fingerprint density at radius 2 is 1.91 bits per heavy atom. The summed E-state index contributed by atoms with van der Waals surface area (Å²) in [7, 11) is 0. The molecule has 4 aromatic rings. The van der Waals surface area contributed by atoms with Gasteiger partial charge in [0.1, 0.15) is 0 Å². The van der Waals surface area contributed by atoms with Crippen LogP contribution >= 0.6 is 0 Å². The quantitative estimate of drug-likeness (QED) is 0.598. The number of nitrogens with one attached hydrogen (secondary N) is 1. The molecule has 2 heterocycles. The molecule has 0 bridgehead atoms. The number of aliphatic hydroxyl groups is 1. The first-order valence-electron chi connectivity index (χ1n) is 7.37. The minimum Gasteiger partial charge on any atom is -0.392 e. The molecule has 0 unspecified atom stereocenters. The molecular weight excluding hydrogens is 290 g/mol. The molecule has 114 valence electrons. The van der Waals surface area contributed by atoms with E-state index >= 15 is 0 Å².